The molecule has 1 aromatic carbocycles. The van der Waals surface area contributed by atoms with Crippen LogP contribution in [0, 0.1) is 0 Å². The summed E-state index contributed by atoms with van der Waals surface area (Å²) in [6.45, 7) is 9.14. The van der Waals surface area contributed by atoms with Crippen LogP contribution >= 0.6 is 0 Å². The lowest BCUT2D eigenvalue weighted by atomic mass is 10.1. The molecule has 34 heavy (non-hydrogen) atoms. The van der Waals surface area contributed by atoms with Crippen molar-refractivity contribution in [2.75, 3.05) is 79.3 Å². The van der Waals surface area contributed by atoms with Crippen LogP contribution in [-0.4, -0.2) is 106 Å². The van der Waals surface area contributed by atoms with E-state index in [-0.39, 0.29) is 24.9 Å². The van der Waals surface area contributed by atoms with Gasteiger partial charge in [0.2, 0.25) is 11.8 Å². The number of hydrogen-bond donors (Lipinski definition) is 1. The van der Waals surface area contributed by atoms with Gasteiger partial charge in [-0.2, -0.15) is 0 Å². The van der Waals surface area contributed by atoms with E-state index in [0.29, 0.717) is 57.5 Å². The van der Waals surface area contributed by atoms with E-state index in [1.54, 1.807) is 7.11 Å². The van der Waals surface area contributed by atoms with Crippen LogP contribution in [0.1, 0.15) is 31.7 Å². The predicted octanol–water partition coefficient (Wildman–Crippen LogP) is 1.36. The van der Waals surface area contributed by atoms with E-state index >= 15 is 0 Å². The first kappa shape index (κ1) is 26.2. The number of para-hydroxylation sites is 1. The summed E-state index contributed by atoms with van der Waals surface area (Å²) in [6, 6.07) is 5.83. The smallest absolute Gasteiger partial charge is 0.236 e. The van der Waals surface area contributed by atoms with E-state index in [1.807, 2.05) is 34.9 Å². The minimum atomic E-state index is -0.0557. The molecule has 3 rings (SSSR count). The Labute approximate surface area is 203 Å². The normalized spacial score (nSPS) is 19.1. The van der Waals surface area contributed by atoms with Crippen molar-refractivity contribution >= 4 is 11.8 Å². The molecule has 9 nitrogen and oxygen atoms in total. The van der Waals surface area contributed by atoms with Crippen molar-refractivity contribution in [3.63, 3.8) is 0 Å². The Bertz CT molecular complexity index is 783. The second-order valence-electron chi connectivity index (χ2n) is 8.80. The third-order valence-corrected chi connectivity index (χ3v) is 6.21. The lowest BCUT2D eigenvalue weighted by molar-refractivity contribution is -0.135. The second kappa shape index (κ2) is 14.1. The molecule has 0 saturated carbocycles. The summed E-state index contributed by atoms with van der Waals surface area (Å²) >= 11 is 0. The summed E-state index contributed by atoms with van der Waals surface area (Å²) in [4.78, 5) is 31.9. The lowest BCUT2D eigenvalue weighted by Crippen LogP contribution is -2.52. The number of amides is 2. The van der Waals surface area contributed by atoms with Crippen molar-refractivity contribution in [2.45, 2.75) is 32.7 Å². The van der Waals surface area contributed by atoms with E-state index in [9.17, 15) is 9.59 Å². The van der Waals surface area contributed by atoms with E-state index in [1.165, 1.54) is 0 Å². The molecule has 1 N–H and O–H groups in total. The number of ether oxygens (including phenoxy) is 3. The SMILES string of the molecule is CCOc1cccc2c1OCCCCCNC(=O)CN(CC(=O)N1CCN(CCOC)CC1)C2. The molecule has 2 aliphatic heterocycles. The van der Waals surface area contributed by atoms with Crippen LogP contribution in [0.2, 0.25) is 0 Å². The van der Waals surface area contributed by atoms with E-state index < -0.39 is 0 Å². The van der Waals surface area contributed by atoms with Crippen LogP contribution in [0.25, 0.3) is 0 Å². The van der Waals surface area contributed by atoms with Gasteiger partial charge in [-0.25, -0.2) is 0 Å². The van der Waals surface area contributed by atoms with E-state index in [2.05, 4.69) is 10.2 Å². The van der Waals surface area contributed by atoms with Gasteiger partial charge in [0.15, 0.2) is 11.5 Å². The molecule has 9 heteroatoms. The monoisotopic (exact) mass is 476 g/mol. The number of methoxy groups -OCH3 is 1. The molecule has 0 atom stereocenters. The molecule has 1 fully saturated rings. The zero-order chi connectivity index (χ0) is 24.2. The summed E-state index contributed by atoms with van der Waals surface area (Å²) in [5, 5.41) is 3.00. The average molecular weight is 477 g/mol. The van der Waals surface area contributed by atoms with Crippen LogP contribution in [0.5, 0.6) is 11.5 Å². The first-order chi connectivity index (χ1) is 16.6. The molecule has 0 bridgehead atoms. The van der Waals surface area contributed by atoms with Gasteiger partial charge in [-0.05, 0) is 32.3 Å². The molecule has 0 unspecified atom stereocenters. The van der Waals surface area contributed by atoms with Gasteiger partial charge in [0.1, 0.15) is 0 Å². The van der Waals surface area contributed by atoms with E-state index in [0.717, 1.165) is 44.5 Å². The molecule has 2 aliphatic rings. The molecule has 2 amide bonds. The van der Waals surface area contributed by atoms with E-state index in [4.69, 9.17) is 14.2 Å². The number of carbonyl (C=O) groups excluding carboxylic acids is 2. The summed E-state index contributed by atoms with van der Waals surface area (Å²) in [6.07, 6.45) is 2.79. The van der Waals surface area contributed by atoms with Crippen molar-refractivity contribution in [3.05, 3.63) is 23.8 Å². The molecular formula is C25H40N4O5. The molecule has 190 valence electrons. The number of rotatable bonds is 7. The Kier molecular flexibility index (Phi) is 10.9. The van der Waals surface area contributed by atoms with Gasteiger partial charge in [-0.15, -0.1) is 0 Å². The standard InChI is InChI=1S/C25H40N4O5/c1-3-33-22-9-7-8-21-18-28(19-23(30)26-10-5-4-6-16-34-25(21)22)20-24(31)29-13-11-27(12-14-29)15-17-32-2/h7-9H,3-6,10-20H2,1-2H3,(H,26,30). The van der Waals surface area contributed by atoms with Crippen LogP contribution in [-0.2, 0) is 20.9 Å². The third kappa shape index (κ3) is 8.14. The van der Waals surface area contributed by atoms with Crippen molar-refractivity contribution in [1.82, 2.24) is 20.0 Å². The van der Waals surface area contributed by atoms with Crippen LogP contribution in [0.15, 0.2) is 18.2 Å². The van der Waals surface area contributed by atoms with Crippen LogP contribution < -0.4 is 14.8 Å². The maximum atomic E-state index is 13.2. The summed E-state index contributed by atoms with van der Waals surface area (Å²) < 4.78 is 17.1. The fourth-order valence-electron chi connectivity index (χ4n) is 4.32. The van der Waals surface area contributed by atoms with Crippen molar-refractivity contribution in [3.8, 4) is 11.5 Å². The highest BCUT2D eigenvalue weighted by Gasteiger charge is 2.25. The average Bonchev–Trinajstić information content (AvgIpc) is 2.84. The predicted molar refractivity (Wildman–Crippen MR) is 130 cm³/mol. The Morgan fingerprint density at radius 1 is 1.09 bits per heavy atom. The number of nitrogens with one attached hydrogen (secondary N) is 1. The molecule has 0 aliphatic carbocycles. The van der Waals surface area contributed by atoms with Crippen LogP contribution in [0.4, 0.5) is 0 Å². The zero-order valence-electron chi connectivity index (χ0n) is 20.7. The Morgan fingerprint density at radius 2 is 1.91 bits per heavy atom. The minimum absolute atomic E-state index is 0.0481. The quantitative estimate of drug-likeness (QED) is 0.636. The van der Waals surface area contributed by atoms with Crippen molar-refractivity contribution in [1.29, 1.82) is 0 Å². The third-order valence-electron chi connectivity index (χ3n) is 6.21. The summed E-state index contributed by atoms with van der Waals surface area (Å²) in [5.74, 6) is 1.41. The Morgan fingerprint density at radius 3 is 2.68 bits per heavy atom. The minimum Gasteiger partial charge on any atom is -0.490 e. The van der Waals surface area contributed by atoms with Gasteiger partial charge in [-0.3, -0.25) is 19.4 Å². The van der Waals surface area contributed by atoms with Gasteiger partial charge in [-0.1, -0.05) is 12.1 Å². The number of benzene rings is 1. The van der Waals surface area contributed by atoms with Gasteiger partial charge >= 0.3 is 0 Å². The van der Waals surface area contributed by atoms with Crippen molar-refractivity contribution in [2.24, 2.45) is 0 Å². The fraction of sp³-hybridized carbons (Fsp3) is 0.680. The highest BCUT2D eigenvalue weighted by Crippen LogP contribution is 2.32. The molecule has 1 saturated heterocycles. The summed E-state index contributed by atoms with van der Waals surface area (Å²) in [7, 11) is 1.70. The van der Waals surface area contributed by atoms with Gasteiger partial charge in [0, 0.05) is 58.5 Å². The molecule has 0 spiro atoms. The lowest BCUT2D eigenvalue weighted by Gasteiger charge is -2.35. The second-order valence-corrected chi connectivity index (χ2v) is 8.80. The number of nitrogens with zero attached hydrogens (tertiary/aromatic N) is 3. The Balaban J connectivity index is 1.71. The number of piperazine rings is 1. The maximum absolute atomic E-state index is 13.2. The highest BCUT2D eigenvalue weighted by molar-refractivity contribution is 5.81. The number of hydrogen-bond acceptors (Lipinski definition) is 7. The first-order valence-corrected chi connectivity index (χ1v) is 12.5. The summed E-state index contributed by atoms with van der Waals surface area (Å²) in [5.41, 5.74) is 0.926. The molecule has 1 aromatic rings. The van der Waals surface area contributed by atoms with Crippen LogP contribution in [0.3, 0.4) is 0 Å². The number of carbonyl (C=O) groups is 2. The Hall–Kier alpha value is -2.36. The van der Waals surface area contributed by atoms with Crippen molar-refractivity contribution < 1.29 is 23.8 Å². The topological polar surface area (TPSA) is 83.6 Å². The molecule has 0 radical (unpaired) electrons. The van der Waals surface area contributed by atoms with Gasteiger partial charge in [0.25, 0.3) is 0 Å². The molecule has 2 heterocycles. The zero-order valence-corrected chi connectivity index (χ0v) is 20.7. The highest BCUT2D eigenvalue weighted by atomic mass is 16.5. The van der Waals surface area contributed by atoms with Gasteiger partial charge < -0.3 is 24.4 Å². The van der Waals surface area contributed by atoms with Gasteiger partial charge in [0.05, 0.1) is 32.9 Å². The fourth-order valence-corrected chi connectivity index (χ4v) is 4.32. The maximum Gasteiger partial charge on any atom is 0.236 e. The molecular weight excluding hydrogens is 436 g/mol. The first-order valence-electron chi connectivity index (χ1n) is 12.5. The number of fused-ring (bicyclic) bond motifs is 1. The molecule has 0 aromatic heterocycles. The largest absolute Gasteiger partial charge is 0.490 e.